The molecule has 10 nitrogen and oxygen atoms in total. The van der Waals surface area contributed by atoms with Crippen molar-refractivity contribution in [3.05, 3.63) is 0 Å². The van der Waals surface area contributed by atoms with Gasteiger partial charge in [-0.05, 0) is 6.42 Å². The third-order valence-electron chi connectivity index (χ3n) is 3.97. The Kier molecular flexibility index (Phi) is 7.52. The summed E-state index contributed by atoms with van der Waals surface area (Å²) in [6.07, 6.45) is -5.11. The third kappa shape index (κ3) is 5.10. The Balaban J connectivity index is 2.67. The minimum atomic E-state index is -2.72. The topological polar surface area (TPSA) is 183 Å². The van der Waals surface area contributed by atoms with Crippen LogP contribution >= 0.6 is 0 Å². The first-order valence-electron chi connectivity index (χ1n) is 7.82. The summed E-state index contributed by atoms with van der Waals surface area (Å²) >= 11 is 0. The summed E-state index contributed by atoms with van der Waals surface area (Å²) in [5.74, 6) is -4.77. The zero-order valence-electron chi connectivity index (χ0n) is 13.5. The SMILES string of the molecule is CCCCC(=O)NCC(O)C(O)C1O[C@@](O)(C(=O)O)CC(O)[C@H]1N. The molecule has 0 aliphatic carbocycles. The van der Waals surface area contributed by atoms with Crippen molar-refractivity contribution in [1.82, 2.24) is 5.32 Å². The van der Waals surface area contributed by atoms with Gasteiger partial charge in [0.25, 0.3) is 5.79 Å². The van der Waals surface area contributed by atoms with Crippen molar-refractivity contribution in [2.45, 2.75) is 68.9 Å². The van der Waals surface area contributed by atoms with Gasteiger partial charge in [0.2, 0.25) is 5.91 Å². The van der Waals surface area contributed by atoms with E-state index in [1.807, 2.05) is 6.92 Å². The third-order valence-corrected chi connectivity index (χ3v) is 3.97. The summed E-state index contributed by atoms with van der Waals surface area (Å²) < 4.78 is 4.92. The highest BCUT2D eigenvalue weighted by atomic mass is 16.7. The summed E-state index contributed by atoms with van der Waals surface area (Å²) in [5.41, 5.74) is 5.67. The molecule has 1 rings (SSSR count). The van der Waals surface area contributed by atoms with E-state index in [1.54, 1.807) is 0 Å². The maximum atomic E-state index is 11.5. The summed E-state index contributed by atoms with van der Waals surface area (Å²) in [6.45, 7) is 1.61. The van der Waals surface area contributed by atoms with Gasteiger partial charge in [-0.15, -0.1) is 0 Å². The second-order valence-electron chi connectivity index (χ2n) is 5.99. The monoisotopic (exact) mass is 350 g/mol. The van der Waals surface area contributed by atoms with Crippen molar-refractivity contribution in [2.24, 2.45) is 5.73 Å². The van der Waals surface area contributed by atoms with Crippen molar-refractivity contribution in [2.75, 3.05) is 6.54 Å². The Bertz CT molecular complexity index is 448. The largest absolute Gasteiger partial charge is 0.477 e. The Morgan fingerprint density at radius 3 is 2.58 bits per heavy atom. The van der Waals surface area contributed by atoms with Gasteiger partial charge in [-0.2, -0.15) is 0 Å². The number of aliphatic hydroxyl groups is 4. The molecule has 0 aromatic carbocycles. The first-order chi connectivity index (χ1) is 11.1. The fourth-order valence-corrected chi connectivity index (χ4v) is 2.41. The van der Waals surface area contributed by atoms with Crippen molar-refractivity contribution < 1.29 is 39.9 Å². The van der Waals surface area contributed by atoms with Crippen LogP contribution in [-0.4, -0.2) is 80.2 Å². The summed E-state index contributed by atoms with van der Waals surface area (Å²) in [4.78, 5) is 22.6. The van der Waals surface area contributed by atoms with E-state index in [0.717, 1.165) is 6.42 Å². The van der Waals surface area contributed by atoms with Gasteiger partial charge in [-0.25, -0.2) is 4.79 Å². The van der Waals surface area contributed by atoms with Gasteiger partial charge < -0.3 is 41.3 Å². The molecule has 0 spiro atoms. The summed E-state index contributed by atoms with van der Waals surface area (Å²) in [5, 5.41) is 51.1. The van der Waals surface area contributed by atoms with Gasteiger partial charge in [0, 0.05) is 19.4 Å². The number of carboxylic acid groups (broad SMARTS) is 1. The van der Waals surface area contributed by atoms with Crippen molar-refractivity contribution in [3.8, 4) is 0 Å². The Labute approximate surface area is 139 Å². The van der Waals surface area contributed by atoms with Gasteiger partial charge >= 0.3 is 5.97 Å². The standard InChI is InChI=1S/C14H26N2O8/c1-2-3-4-9(19)16-6-8(18)11(20)12-10(15)7(17)5-14(23,24-12)13(21)22/h7-8,10-12,17-18,20,23H,2-6,15H2,1H3,(H,16,19)(H,21,22)/t7?,8?,10-,11?,12?,14-/m1/s1. The average Bonchev–Trinajstić information content (AvgIpc) is 2.53. The van der Waals surface area contributed by atoms with Gasteiger partial charge in [0.1, 0.15) is 12.2 Å². The lowest BCUT2D eigenvalue weighted by atomic mass is 9.89. The number of unbranched alkanes of at least 4 members (excludes halogenated alkanes) is 1. The fraction of sp³-hybridized carbons (Fsp3) is 0.857. The lowest BCUT2D eigenvalue weighted by Gasteiger charge is -2.43. The molecular formula is C14H26N2O8. The number of ether oxygens (including phenoxy) is 1. The number of carbonyl (C=O) groups excluding carboxylic acids is 1. The van der Waals surface area contributed by atoms with Gasteiger partial charge in [0.15, 0.2) is 0 Å². The van der Waals surface area contributed by atoms with Crippen LogP contribution in [0.4, 0.5) is 0 Å². The van der Waals surface area contributed by atoms with Crippen molar-refractivity contribution in [1.29, 1.82) is 0 Å². The predicted octanol–water partition coefficient (Wildman–Crippen LogP) is -2.74. The minimum Gasteiger partial charge on any atom is -0.477 e. The number of rotatable bonds is 8. The molecule has 0 saturated carbocycles. The fourth-order valence-electron chi connectivity index (χ4n) is 2.41. The molecule has 10 heteroatoms. The van der Waals surface area contributed by atoms with Crippen LogP contribution < -0.4 is 11.1 Å². The van der Waals surface area contributed by atoms with E-state index >= 15 is 0 Å². The van der Waals surface area contributed by atoms with Crippen LogP contribution in [0.2, 0.25) is 0 Å². The Hall–Kier alpha value is -1.30. The van der Waals surface area contributed by atoms with Gasteiger partial charge in [-0.1, -0.05) is 13.3 Å². The number of aliphatic carboxylic acids is 1. The Morgan fingerprint density at radius 2 is 2.04 bits per heavy atom. The number of carboxylic acids is 1. The number of hydrogen-bond donors (Lipinski definition) is 7. The van der Waals surface area contributed by atoms with Crippen LogP contribution in [0.25, 0.3) is 0 Å². The second kappa shape index (κ2) is 8.70. The number of hydrogen-bond acceptors (Lipinski definition) is 8. The average molecular weight is 350 g/mol. The van der Waals surface area contributed by atoms with Crippen molar-refractivity contribution in [3.63, 3.8) is 0 Å². The van der Waals surface area contributed by atoms with Crippen LogP contribution in [0.1, 0.15) is 32.6 Å². The van der Waals surface area contributed by atoms with E-state index in [-0.39, 0.29) is 18.9 Å². The smallest absolute Gasteiger partial charge is 0.364 e. The van der Waals surface area contributed by atoms with E-state index in [0.29, 0.717) is 6.42 Å². The van der Waals surface area contributed by atoms with Crippen molar-refractivity contribution >= 4 is 11.9 Å². The van der Waals surface area contributed by atoms with Gasteiger partial charge in [-0.3, -0.25) is 4.79 Å². The van der Waals surface area contributed by atoms with Crippen LogP contribution in [0.5, 0.6) is 0 Å². The number of nitrogens with one attached hydrogen (secondary N) is 1. The minimum absolute atomic E-state index is 0.274. The number of amides is 1. The molecule has 1 fully saturated rings. The molecule has 1 aliphatic rings. The number of carbonyl (C=O) groups is 2. The molecule has 0 radical (unpaired) electrons. The van der Waals surface area contributed by atoms with E-state index in [9.17, 15) is 30.0 Å². The van der Waals surface area contributed by atoms with Crippen LogP contribution in [0.3, 0.4) is 0 Å². The molecule has 1 saturated heterocycles. The van der Waals surface area contributed by atoms with E-state index in [4.69, 9.17) is 15.6 Å². The molecule has 4 unspecified atom stereocenters. The van der Waals surface area contributed by atoms with Crippen LogP contribution in [0.15, 0.2) is 0 Å². The first-order valence-corrected chi connectivity index (χ1v) is 7.82. The number of aliphatic hydroxyl groups excluding tert-OH is 3. The molecule has 8 N–H and O–H groups in total. The first kappa shape index (κ1) is 20.7. The van der Waals surface area contributed by atoms with E-state index in [2.05, 4.69) is 5.32 Å². The predicted molar refractivity (Wildman–Crippen MR) is 80.6 cm³/mol. The Morgan fingerprint density at radius 1 is 1.42 bits per heavy atom. The van der Waals surface area contributed by atoms with Gasteiger partial charge in [0.05, 0.1) is 18.2 Å². The molecule has 140 valence electrons. The number of nitrogens with two attached hydrogens (primary N) is 1. The second-order valence-corrected chi connectivity index (χ2v) is 5.99. The lowest BCUT2D eigenvalue weighted by Crippen LogP contribution is -2.66. The molecule has 0 bridgehead atoms. The molecule has 0 aromatic rings. The highest BCUT2D eigenvalue weighted by Gasteiger charge is 2.52. The molecule has 24 heavy (non-hydrogen) atoms. The zero-order chi connectivity index (χ0) is 18.5. The van der Waals surface area contributed by atoms with Crippen LogP contribution in [0, 0.1) is 0 Å². The molecule has 1 aliphatic heterocycles. The quantitative estimate of drug-likeness (QED) is 0.244. The lowest BCUT2D eigenvalue weighted by molar-refractivity contribution is -0.291. The zero-order valence-corrected chi connectivity index (χ0v) is 13.5. The normalized spacial score (nSPS) is 32.8. The van der Waals surface area contributed by atoms with E-state index in [1.165, 1.54) is 0 Å². The molecule has 0 aromatic heterocycles. The summed E-state index contributed by atoms with van der Waals surface area (Å²) in [6, 6.07) is -1.22. The maximum Gasteiger partial charge on any atom is 0.364 e. The molecule has 1 heterocycles. The van der Waals surface area contributed by atoms with E-state index < -0.39 is 48.6 Å². The highest BCUT2D eigenvalue weighted by molar-refractivity contribution is 5.76. The summed E-state index contributed by atoms with van der Waals surface area (Å²) in [7, 11) is 0. The van der Waals surface area contributed by atoms with Crippen LogP contribution in [-0.2, 0) is 14.3 Å². The molecular weight excluding hydrogens is 324 g/mol. The highest BCUT2D eigenvalue weighted by Crippen LogP contribution is 2.29. The maximum absolute atomic E-state index is 11.5. The molecule has 1 amide bonds. The molecule has 6 atom stereocenters.